The van der Waals surface area contributed by atoms with Crippen molar-refractivity contribution >= 4 is 11.5 Å². The molecule has 0 saturated carbocycles. The smallest absolute Gasteiger partial charge is 0.157 e. The lowest BCUT2D eigenvalue weighted by Gasteiger charge is -2.37. The zero-order chi connectivity index (χ0) is 13.2. The number of nitrogens with zero attached hydrogens (tertiary/aromatic N) is 5. The highest BCUT2D eigenvalue weighted by atomic mass is 15.3. The summed E-state index contributed by atoms with van der Waals surface area (Å²) < 4.78 is 1.77. The molecule has 6 heteroatoms. The van der Waals surface area contributed by atoms with Gasteiger partial charge < -0.3 is 10.2 Å². The molecule has 102 valence electrons. The molecule has 0 amide bonds. The molecule has 1 N–H and O–H groups in total. The van der Waals surface area contributed by atoms with Crippen molar-refractivity contribution in [2.24, 2.45) is 0 Å². The summed E-state index contributed by atoms with van der Waals surface area (Å²) in [5.41, 5.74) is 0.874. The lowest BCUT2D eigenvalue weighted by Crippen LogP contribution is -2.52. The zero-order valence-electron chi connectivity index (χ0n) is 11.5. The third-order valence-corrected chi connectivity index (χ3v) is 3.76. The lowest BCUT2D eigenvalue weighted by atomic mass is 10.2. The topological polar surface area (TPSA) is 48.7 Å². The average molecular weight is 260 g/mol. The van der Waals surface area contributed by atoms with Gasteiger partial charge in [0.25, 0.3) is 0 Å². The van der Waals surface area contributed by atoms with Crippen molar-refractivity contribution < 1.29 is 0 Å². The van der Waals surface area contributed by atoms with Crippen LogP contribution in [-0.4, -0.2) is 70.7 Å². The Morgan fingerprint density at radius 3 is 3.11 bits per heavy atom. The van der Waals surface area contributed by atoms with Gasteiger partial charge in [-0.3, -0.25) is 4.90 Å². The van der Waals surface area contributed by atoms with Crippen LogP contribution in [0.25, 0.3) is 5.65 Å². The van der Waals surface area contributed by atoms with Gasteiger partial charge in [-0.05, 0) is 20.2 Å². The maximum Gasteiger partial charge on any atom is 0.157 e. The highest BCUT2D eigenvalue weighted by Crippen LogP contribution is 2.09. The SMILES string of the molecule is CN1CCN(C)C(CNc2ccn3nccc3n2)C1. The molecule has 0 aromatic carbocycles. The Hall–Kier alpha value is -1.66. The van der Waals surface area contributed by atoms with Crippen molar-refractivity contribution in [3.8, 4) is 0 Å². The second kappa shape index (κ2) is 5.14. The molecule has 1 aliphatic heterocycles. The van der Waals surface area contributed by atoms with E-state index in [0.29, 0.717) is 6.04 Å². The van der Waals surface area contributed by atoms with E-state index in [-0.39, 0.29) is 0 Å². The molecule has 2 aromatic heterocycles. The van der Waals surface area contributed by atoms with Gasteiger partial charge in [-0.2, -0.15) is 5.10 Å². The summed E-state index contributed by atoms with van der Waals surface area (Å²) in [7, 11) is 4.36. The zero-order valence-corrected chi connectivity index (χ0v) is 11.5. The molecule has 1 atom stereocenters. The third-order valence-electron chi connectivity index (χ3n) is 3.76. The monoisotopic (exact) mass is 260 g/mol. The van der Waals surface area contributed by atoms with Gasteiger partial charge in [0.15, 0.2) is 5.65 Å². The van der Waals surface area contributed by atoms with Crippen LogP contribution in [0.3, 0.4) is 0 Å². The molecule has 1 fully saturated rings. The van der Waals surface area contributed by atoms with E-state index in [1.165, 1.54) is 0 Å². The number of nitrogens with one attached hydrogen (secondary N) is 1. The number of fused-ring (bicyclic) bond motifs is 1. The van der Waals surface area contributed by atoms with Gasteiger partial charge in [-0.15, -0.1) is 0 Å². The van der Waals surface area contributed by atoms with Crippen molar-refractivity contribution in [3.63, 3.8) is 0 Å². The number of likely N-dealkylation sites (N-methyl/N-ethyl adjacent to an activating group) is 2. The van der Waals surface area contributed by atoms with E-state index in [4.69, 9.17) is 0 Å². The van der Waals surface area contributed by atoms with Gasteiger partial charge in [0.2, 0.25) is 0 Å². The van der Waals surface area contributed by atoms with Crippen LogP contribution in [0.4, 0.5) is 5.82 Å². The fourth-order valence-electron chi connectivity index (χ4n) is 2.46. The number of rotatable bonds is 3. The first-order valence-electron chi connectivity index (χ1n) is 6.65. The van der Waals surface area contributed by atoms with E-state index in [1.54, 1.807) is 10.7 Å². The molecule has 19 heavy (non-hydrogen) atoms. The fraction of sp³-hybridized carbons (Fsp3) is 0.538. The summed E-state index contributed by atoms with van der Waals surface area (Å²) in [5.74, 6) is 0.912. The molecule has 3 heterocycles. The predicted molar refractivity (Wildman–Crippen MR) is 75.4 cm³/mol. The summed E-state index contributed by atoms with van der Waals surface area (Å²) >= 11 is 0. The Balaban J connectivity index is 1.64. The third kappa shape index (κ3) is 2.69. The molecular formula is C13H20N6. The standard InChI is InChI=1S/C13H20N6/c1-17-7-8-18(2)11(10-17)9-14-12-4-6-19-13(16-12)3-5-15-19/h3-6,11H,7-10H2,1-2H3,(H,14,16). The van der Waals surface area contributed by atoms with Crippen LogP contribution in [0, 0.1) is 0 Å². The fourth-order valence-corrected chi connectivity index (χ4v) is 2.46. The number of anilines is 1. The average Bonchev–Trinajstić information content (AvgIpc) is 2.87. The van der Waals surface area contributed by atoms with Gasteiger partial charge >= 0.3 is 0 Å². The van der Waals surface area contributed by atoms with Crippen LogP contribution in [0.1, 0.15) is 0 Å². The van der Waals surface area contributed by atoms with Crippen LogP contribution in [0.15, 0.2) is 24.5 Å². The van der Waals surface area contributed by atoms with Gasteiger partial charge in [0, 0.05) is 44.5 Å². The summed E-state index contributed by atoms with van der Waals surface area (Å²) in [6.45, 7) is 4.28. The minimum atomic E-state index is 0.529. The van der Waals surface area contributed by atoms with E-state index < -0.39 is 0 Å². The van der Waals surface area contributed by atoms with Crippen molar-refractivity contribution in [3.05, 3.63) is 24.5 Å². The van der Waals surface area contributed by atoms with Crippen LogP contribution >= 0.6 is 0 Å². The van der Waals surface area contributed by atoms with Crippen LogP contribution in [0.5, 0.6) is 0 Å². The van der Waals surface area contributed by atoms with E-state index in [1.807, 2.05) is 18.3 Å². The first-order valence-corrected chi connectivity index (χ1v) is 6.65. The van der Waals surface area contributed by atoms with E-state index in [0.717, 1.165) is 37.6 Å². The van der Waals surface area contributed by atoms with Crippen LogP contribution in [0.2, 0.25) is 0 Å². The number of aromatic nitrogens is 3. The maximum absolute atomic E-state index is 4.52. The Morgan fingerprint density at radius 2 is 2.21 bits per heavy atom. The first-order chi connectivity index (χ1) is 9.22. The molecular weight excluding hydrogens is 240 g/mol. The van der Waals surface area contributed by atoms with Crippen LogP contribution < -0.4 is 5.32 Å². The summed E-state index contributed by atoms with van der Waals surface area (Å²) in [6, 6.07) is 4.40. The Kier molecular flexibility index (Phi) is 3.35. The summed E-state index contributed by atoms with van der Waals surface area (Å²) in [6.07, 6.45) is 3.69. The summed E-state index contributed by atoms with van der Waals surface area (Å²) in [4.78, 5) is 9.30. The van der Waals surface area contributed by atoms with Crippen molar-refractivity contribution in [1.29, 1.82) is 0 Å². The van der Waals surface area contributed by atoms with Crippen molar-refractivity contribution in [1.82, 2.24) is 24.4 Å². The second-order valence-electron chi connectivity index (χ2n) is 5.22. The molecule has 6 nitrogen and oxygen atoms in total. The summed E-state index contributed by atoms with van der Waals surface area (Å²) in [5, 5.41) is 7.57. The normalized spacial score (nSPS) is 21.9. The highest BCUT2D eigenvalue weighted by molar-refractivity contribution is 5.45. The Bertz CT molecular complexity index is 551. The van der Waals surface area contributed by atoms with Crippen molar-refractivity contribution in [2.45, 2.75) is 6.04 Å². The minimum Gasteiger partial charge on any atom is -0.368 e. The lowest BCUT2D eigenvalue weighted by molar-refractivity contribution is 0.122. The van der Waals surface area contributed by atoms with Crippen molar-refractivity contribution in [2.75, 3.05) is 45.6 Å². The number of hydrogen-bond acceptors (Lipinski definition) is 5. The first kappa shape index (κ1) is 12.4. The largest absolute Gasteiger partial charge is 0.368 e. The van der Waals surface area contributed by atoms with E-state index in [2.05, 4.69) is 39.3 Å². The van der Waals surface area contributed by atoms with E-state index >= 15 is 0 Å². The second-order valence-corrected chi connectivity index (χ2v) is 5.22. The molecule has 0 spiro atoms. The Morgan fingerprint density at radius 1 is 1.32 bits per heavy atom. The Labute approximate surface area is 113 Å². The van der Waals surface area contributed by atoms with Gasteiger partial charge in [-0.1, -0.05) is 0 Å². The molecule has 1 aliphatic rings. The molecule has 1 saturated heterocycles. The quantitative estimate of drug-likeness (QED) is 0.865. The van der Waals surface area contributed by atoms with Crippen LogP contribution in [-0.2, 0) is 0 Å². The van der Waals surface area contributed by atoms with Gasteiger partial charge in [-0.25, -0.2) is 9.50 Å². The molecule has 0 bridgehead atoms. The molecule has 1 unspecified atom stereocenters. The molecule has 0 aliphatic carbocycles. The minimum absolute atomic E-state index is 0.529. The maximum atomic E-state index is 4.52. The number of piperazine rings is 1. The molecule has 0 radical (unpaired) electrons. The predicted octanol–water partition coefficient (Wildman–Crippen LogP) is 0.387. The van der Waals surface area contributed by atoms with Gasteiger partial charge in [0.05, 0.1) is 6.20 Å². The molecule has 2 aromatic rings. The van der Waals surface area contributed by atoms with E-state index in [9.17, 15) is 0 Å². The molecule has 3 rings (SSSR count). The highest BCUT2D eigenvalue weighted by Gasteiger charge is 2.21. The number of hydrogen-bond donors (Lipinski definition) is 1. The van der Waals surface area contributed by atoms with Gasteiger partial charge in [0.1, 0.15) is 5.82 Å².